The van der Waals surface area contributed by atoms with Gasteiger partial charge in [0.1, 0.15) is 0 Å². The second kappa shape index (κ2) is 8.75. The molecule has 1 heterocycles. The van der Waals surface area contributed by atoms with E-state index in [9.17, 15) is 9.59 Å². The number of hydrogen-bond donors (Lipinski definition) is 2. The molecule has 3 N–H and O–H groups in total. The Balaban J connectivity index is 1.68. The van der Waals surface area contributed by atoms with Gasteiger partial charge < -0.3 is 11.1 Å². The van der Waals surface area contributed by atoms with Crippen molar-refractivity contribution in [2.24, 2.45) is 5.73 Å². The minimum atomic E-state index is -0.487. The quantitative estimate of drug-likeness (QED) is 0.506. The van der Waals surface area contributed by atoms with Crippen molar-refractivity contribution < 1.29 is 9.59 Å². The third-order valence-corrected chi connectivity index (χ3v) is 5.16. The lowest BCUT2D eigenvalue weighted by molar-refractivity contribution is 0.0940. The molecule has 6 nitrogen and oxygen atoms in total. The molecule has 1 unspecified atom stereocenters. The molecule has 154 valence electrons. The van der Waals surface area contributed by atoms with Crippen LogP contribution in [0.25, 0.3) is 21.9 Å². The summed E-state index contributed by atoms with van der Waals surface area (Å²) in [5, 5.41) is 4.73. The molecule has 0 radical (unpaired) electrons. The molecule has 3 aromatic carbocycles. The van der Waals surface area contributed by atoms with E-state index in [1.807, 2.05) is 49.4 Å². The number of carbonyl (C=O) groups excluding carboxylic acids is 2. The predicted molar refractivity (Wildman–Crippen MR) is 121 cm³/mol. The number of fused-ring (bicyclic) bond motifs is 1. The van der Waals surface area contributed by atoms with Gasteiger partial charge in [0.25, 0.3) is 5.91 Å². The zero-order chi connectivity index (χ0) is 21.8. The van der Waals surface area contributed by atoms with E-state index < -0.39 is 5.91 Å². The van der Waals surface area contributed by atoms with Crippen molar-refractivity contribution in [1.29, 1.82) is 0 Å². The van der Waals surface area contributed by atoms with Gasteiger partial charge in [0.15, 0.2) is 0 Å². The maximum Gasteiger partial charge on any atom is 0.252 e. The van der Waals surface area contributed by atoms with Crippen LogP contribution in [0.15, 0.2) is 79.3 Å². The Labute approximate surface area is 180 Å². The van der Waals surface area contributed by atoms with Crippen molar-refractivity contribution in [3.63, 3.8) is 0 Å². The summed E-state index contributed by atoms with van der Waals surface area (Å²) < 4.78 is 0. The van der Waals surface area contributed by atoms with Gasteiger partial charge in [0.2, 0.25) is 5.91 Å². The smallest absolute Gasteiger partial charge is 0.252 e. The van der Waals surface area contributed by atoms with E-state index in [4.69, 9.17) is 5.73 Å². The van der Waals surface area contributed by atoms with Crippen molar-refractivity contribution >= 4 is 22.6 Å². The number of primary amides is 1. The van der Waals surface area contributed by atoms with Gasteiger partial charge in [-0.15, -0.1) is 0 Å². The highest BCUT2D eigenvalue weighted by Gasteiger charge is 2.17. The Morgan fingerprint density at radius 2 is 1.61 bits per heavy atom. The molecule has 31 heavy (non-hydrogen) atoms. The zero-order valence-corrected chi connectivity index (χ0v) is 17.1. The van der Waals surface area contributed by atoms with Crippen molar-refractivity contribution in [3.8, 4) is 11.1 Å². The van der Waals surface area contributed by atoms with Crippen LogP contribution in [0.2, 0.25) is 0 Å². The number of rotatable bonds is 6. The Hall–Kier alpha value is -4.06. The fourth-order valence-electron chi connectivity index (χ4n) is 3.78. The molecule has 0 aliphatic carbocycles. The fourth-order valence-corrected chi connectivity index (χ4v) is 3.78. The van der Waals surface area contributed by atoms with E-state index in [0.29, 0.717) is 17.5 Å². The minimum absolute atomic E-state index is 0.113. The Morgan fingerprint density at radius 3 is 2.39 bits per heavy atom. The Kier molecular flexibility index (Phi) is 5.71. The van der Waals surface area contributed by atoms with Crippen LogP contribution in [0.3, 0.4) is 0 Å². The van der Waals surface area contributed by atoms with Crippen LogP contribution in [0, 0.1) is 0 Å². The summed E-state index contributed by atoms with van der Waals surface area (Å²) in [6.07, 6.45) is 5.54. The number of hydrogen-bond acceptors (Lipinski definition) is 4. The average Bonchev–Trinajstić information content (AvgIpc) is 2.78. The lowest BCUT2D eigenvalue weighted by Crippen LogP contribution is -2.34. The van der Waals surface area contributed by atoms with Crippen LogP contribution in [-0.2, 0) is 6.42 Å². The van der Waals surface area contributed by atoms with Crippen LogP contribution in [-0.4, -0.2) is 27.8 Å². The first-order valence-electron chi connectivity index (χ1n) is 10.0. The molecule has 0 saturated heterocycles. The van der Waals surface area contributed by atoms with Gasteiger partial charge >= 0.3 is 0 Å². The maximum atomic E-state index is 13.1. The molecule has 0 spiro atoms. The summed E-state index contributed by atoms with van der Waals surface area (Å²) in [5.74, 6) is -0.651. The van der Waals surface area contributed by atoms with Crippen LogP contribution in [0.4, 0.5) is 0 Å². The van der Waals surface area contributed by atoms with Gasteiger partial charge in [-0.3, -0.25) is 19.6 Å². The molecule has 0 saturated carbocycles. The summed E-state index contributed by atoms with van der Waals surface area (Å²) in [7, 11) is 0. The van der Waals surface area contributed by atoms with Crippen LogP contribution < -0.4 is 11.1 Å². The summed E-state index contributed by atoms with van der Waals surface area (Å²) in [4.78, 5) is 33.3. The molecule has 0 aliphatic rings. The number of carbonyl (C=O) groups is 2. The molecule has 0 fully saturated rings. The van der Waals surface area contributed by atoms with Crippen LogP contribution in [0.1, 0.15) is 33.3 Å². The topological polar surface area (TPSA) is 98.0 Å². The summed E-state index contributed by atoms with van der Waals surface area (Å²) in [6, 6.07) is 18.4. The van der Waals surface area contributed by atoms with E-state index in [0.717, 1.165) is 27.6 Å². The largest absolute Gasteiger partial charge is 0.366 e. The number of aromatic nitrogens is 2. The first kappa shape index (κ1) is 20.2. The summed E-state index contributed by atoms with van der Waals surface area (Å²) in [6.45, 7) is 1.94. The van der Waals surface area contributed by atoms with Crippen molar-refractivity contribution in [2.75, 3.05) is 0 Å². The van der Waals surface area contributed by atoms with Gasteiger partial charge in [0.05, 0.1) is 5.69 Å². The van der Waals surface area contributed by atoms with Crippen LogP contribution >= 0.6 is 0 Å². The van der Waals surface area contributed by atoms with Crippen molar-refractivity contribution in [1.82, 2.24) is 15.3 Å². The molecular formula is C25H22N4O2. The molecule has 4 rings (SSSR count). The standard InChI is InChI=1S/C25H22N4O2/c1-16(14-17-15-27-12-13-28-17)29-25(31)23-11-5-9-19-18(8-4-10-21(19)23)20-6-2-3-7-22(20)24(26)30/h2-13,15-16H,14H2,1H3,(H2,26,30)(H,29,31). The minimum Gasteiger partial charge on any atom is -0.366 e. The highest BCUT2D eigenvalue weighted by atomic mass is 16.2. The van der Waals surface area contributed by atoms with Gasteiger partial charge in [-0.1, -0.05) is 48.5 Å². The maximum absolute atomic E-state index is 13.1. The molecule has 0 aliphatic heterocycles. The highest BCUT2D eigenvalue weighted by Crippen LogP contribution is 2.32. The molecular weight excluding hydrogens is 388 g/mol. The number of benzene rings is 3. The van der Waals surface area contributed by atoms with Gasteiger partial charge in [-0.2, -0.15) is 0 Å². The normalized spacial score (nSPS) is 11.8. The van der Waals surface area contributed by atoms with E-state index in [2.05, 4.69) is 15.3 Å². The first-order chi connectivity index (χ1) is 15.0. The highest BCUT2D eigenvalue weighted by molar-refractivity contribution is 6.12. The molecule has 6 heteroatoms. The van der Waals surface area contributed by atoms with E-state index >= 15 is 0 Å². The first-order valence-corrected chi connectivity index (χ1v) is 10.0. The second-order valence-electron chi connectivity index (χ2n) is 7.39. The third-order valence-electron chi connectivity index (χ3n) is 5.16. The number of nitrogens with one attached hydrogen (secondary N) is 1. The van der Waals surface area contributed by atoms with Gasteiger partial charge in [-0.25, -0.2) is 0 Å². The second-order valence-corrected chi connectivity index (χ2v) is 7.39. The lowest BCUT2D eigenvalue weighted by Gasteiger charge is -2.16. The Morgan fingerprint density at radius 1 is 0.903 bits per heavy atom. The number of nitrogens with two attached hydrogens (primary N) is 1. The fraction of sp³-hybridized carbons (Fsp3) is 0.120. The van der Waals surface area contributed by atoms with Gasteiger partial charge in [-0.05, 0) is 41.0 Å². The third kappa shape index (κ3) is 4.28. The number of nitrogens with zero attached hydrogens (tertiary/aromatic N) is 2. The zero-order valence-electron chi connectivity index (χ0n) is 17.1. The monoisotopic (exact) mass is 410 g/mol. The molecule has 0 bridgehead atoms. The van der Waals surface area contributed by atoms with Crippen molar-refractivity contribution in [2.45, 2.75) is 19.4 Å². The molecule has 4 aromatic rings. The van der Waals surface area contributed by atoms with E-state index in [1.54, 1.807) is 36.8 Å². The summed E-state index contributed by atoms with van der Waals surface area (Å²) >= 11 is 0. The lowest BCUT2D eigenvalue weighted by atomic mass is 9.92. The molecule has 2 amide bonds. The Bertz CT molecular complexity index is 1250. The number of amides is 2. The van der Waals surface area contributed by atoms with Crippen molar-refractivity contribution in [3.05, 3.63) is 96.1 Å². The average molecular weight is 410 g/mol. The summed E-state index contributed by atoms with van der Waals surface area (Å²) in [5.41, 5.74) is 9.02. The van der Waals surface area contributed by atoms with E-state index in [1.165, 1.54) is 0 Å². The molecule has 1 atom stereocenters. The predicted octanol–water partition coefficient (Wildman–Crippen LogP) is 3.76. The molecule has 1 aromatic heterocycles. The van der Waals surface area contributed by atoms with Gasteiger partial charge in [0, 0.05) is 42.2 Å². The SMILES string of the molecule is CC(Cc1cnccn1)NC(=O)c1cccc2c(-c3ccccc3C(N)=O)cccc12. The van der Waals surface area contributed by atoms with E-state index in [-0.39, 0.29) is 11.9 Å². The van der Waals surface area contributed by atoms with Crippen LogP contribution in [0.5, 0.6) is 0 Å².